The first-order chi connectivity index (χ1) is 11.2. The van der Waals surface area contributed by atoms with Crippen molar-refractivity contribution < 1.29 is 27.5 Å². The van der Waals surface area contributed by atoms with Crippen LogP contribution in [0.1, 0.15) is 16.6 Å². The zero-order valence-electron chi connectivity index (χ0n) is 12.4. The Morgan fingerprint density at radius 1 is 1.21 bits per heavy atom. The SMILES string of the molecule is CC(NC(=O)c1cccs1)C(=O)Nc1cccc(OC(F)(F)F)c1. The minimum atomic E-state index is -4.81. The maximum Gasteiger partial charge on any atom is 0.573 e. The second-order valence-corrected chi connectivity index (χ2v) is 5.69. The Hall–Kier alpha value is -2.55. The molecule has 24 heavy (non-hydrogen) atoms. The van der Waals surface area contributed by atoms with Crippen LogP contribution < -0.4 is 15.4 Å². The van der Waals surface area contributed by atoms with Crippen LogP contribution in [0.2, 0.25) is 0 Å². The van der Waals surface area contributed by atoms with E-state index in [-0.39, 0.29) is 5.69 Å². The van der Waals surface area contributed by atoms with Gasteiger partial charge in [0, 0.05) is 11.8 Å². The second-order valence-electron chi connectivity index (χ2n) is 4.74. The predicted octanol–water partition coefficient (Wildman–Crippen LogP) is 3.40. The molecule has 1 heterocycles. The molecule has 0 spiro atoms. The monoisotopic (exact) mass is 358 g/mol. The molecule has 9 heteroatoms. The number of hydrogen-bond donors (Lipinski definition) is 2. The van der Waals surface area contributed by atoms with Crippen molar-refractivity contribution >= 4 is 28.8 Å². The standard InChI is InChI=1S/C15H13F3N2O3S/c1-9(19-14(22)12-6-3-7-24-12)13(21)20-10-4-2-5-11(8-10)23-15(16,17)18/h2-9H,1H3,(H,19,22)(H,20,21). The molecule has 0 aliphatic carbocycles. The average Bonchev–Trinajstić information content (AvgIpc) is 2.99. The largest absolute Gasteiger partial charge is 0.573 e. The molecule has 2 amide bonds. The van der Waals surface area contributed by atoms with Gasteiger partial charge in [0.15, 0.2) is 0 Å². The summed E-state index contributed by atoms with van der Waals surface area (Å²) in [6, 6.07) is 7.33. The van der Waals surface area contributed by atoms with Gasteiger partial charge in [-0.1, -0.05) is 12.1 Å². The first-order valence-corrected chi connectivity index (χ1v) is 7.63. The summed E-state index contributed by atoms with van der Waals surface area (Å²) in [4.78, 5) is 24.3. The second kappa shape index (κ2) is 7.35. The summed E-state index contributed by atoms with van der Waals surface area (Å²) in [6.07, 6.45) is -4.81. The van der Waals surface area contributed by atoms with E-state index >= 15 is 0 Å². The summed E-state index contributed by atoms with van der Waals surface area (Å²) in [7, 11) is 0. The lowest BCUT2D eigenvalue weighted by Crippen LogP contribution is -2.41. The van der Waals surface area contributed by atoms with Crippen LogP contribution in [0, 0.1) is 0 Å². The predicted molar refractivity (Wildman–Crippen MR) is 83.0 cm³/mol. The highest BCUT2D eigenvalue weighted by molar-refractivity contribution is 7.12. The van der Waals surface area contributed by atoms with E-state index in [4.69, 9.17) is 0 Å². The average molecular weight is 358 g/mol. The van der Waals surface area contributed by atoms with Gasteiger partial charge in [-0.25, -0.2) is 0 Å². The summed E-state index contributed by atoms with van der Waals surface area (Å²) < 4.78 is 40.3. The van der Waals surface area contributed by atoms with Gasteiger partial charge in [0.2, 0.25) is 5.91 Å². The molecule has 0 saturated carbocycles. The van der Waals surface area contributed by atoms with Crippen molar-refractivity contribution in [1.82, 2.24) is 5.32 Å². The molecular formula is C15H13F3N2O3S. The lowest BCUT2D eigenvalue weighted by atomic mass is 10.2. The van der Waals surface area contributed by atoms with Gasteiger partial charge in [-0.15, -0.1) is 24.5 Å². The third kappa shape index (κ3) is 5.27. The number of carbonyl (C=O) groups excluding carboxylic acids is 2. The Balaban J connectivity index is 1.96. The Morgan fingerprint density at radius 2 is 1.96 bits per heavy atom. The molecule has 0 fully saturated rings. The Morgan fingerprint density at radius 3 is 2.58 bits per heavy atom. The van der Waals surface area contributed by atoms with Gasteiger partial charge in [-0.05, 0) is 30.5 Å². The van der Waals surface area contributed by atoms with Gasteiger partial charge < -0.3 is 15.4 Å². The van der Waals surface area contributed by atoms with E-state index in [9.17, 15) is 22.8 Å². The smallest absolute Gasteiger partial charge is 0.406 e. The van der Waals surface area contributed by atoms with Crippen LogP contribution in [0.5, 0.6) is 5.75 Å². The fourth-order valence-electron chi connectivity index (χ4n) is 1.76. The number of rotatable bonds is 5. The normalized spacial score (nSPS) is 12.3. The van der Waals surface area contributed by atoms with E-state index < -0.39 is 30.0 Å². The number of halogens is 3. The highest BCUT2D eigenvalue weighted by Crippen LogP contribution is 2.25. The first kappa shape index (κ1) is 17.8. The number of thiophene rings is 1. The van der Waals surface area contributed by atoms with Gasteiger partial charge in [-0.2, -0.15) is 0 Å². The minimum absolute atomic E-state index is 0.124. The van der Waals surface area contributed by atoms with E-state index in [0.717, 1.165) is 12.1 Å². The van der Waals surface area contributed by atoms with Crippen LogP contribution in [-0.4, -0.2) is 24.2 Å². The fraction of sp³-hybridized carbons (Fsp3) is 0.200. The van der Waals surface area contributed by atoms with Crippen LogP contribution in [0.3, 0.4) is 0 Å². The zero-order valence-corrected chi connectivity index (χ0v) is 13.2. The van der Waals surface area contributed by atoms with Gasteiger partial charge in [-0.3, -0.25) is 9.59 Å². The summed E-state index contributed by atoms with van der Waals surface area (Å²) in [6.45, 7) is 1.47. The van der Waals surface area contributed by atoms with E-state index in [1.807, 2.05) is 0 Å². The fourth-order valence-corrected chi connectivity index (χ4v) is 2.39. The maximum absolute atomic E-state index is 12.2. The molecule has 0 saturated heterocycles. The number of alkyl halides is 3. The molecule has 2 N–H and O–H groups in total. The van der Waals surface area contributed by atoms with Crippen molar-refractivity contribution in [3.63, 3.8) is 0 Å². The lowest BCUT2D eigenvalue weighted by Gasteiger charge is -2.14. The summed E-state index contributed by atoms with van der Waals surface area (Å²) >= 11 is 1.23. The number of benzene rings is 1. The van der Waals surface area contributed by atoms with Gasteiger partial charge in [0.25, 0.3) is 5.91 Å². The number of carbonyl (C=O) groups is 2. The van der Waals surface area contributed by atoms with Gasteiger partial charge in [0.05, 0.1) is 4.88 Å². The third-order valence-electron chi connectivity index (χ3n) is 2.82. The molecule has 1 aromatic carbocycles. The molecule has 1 aromatic heterocycles. The Labute approximate surface area is 139 Å². The number of nitrogens with one attached hydrogen (secondary N) is 2. The number of hydrogen-bond acceptors (Lipinski definition) is 4. The minimum Gasteiger partial charge on any atom is -0.406 e. The van der Waals surface area contributed by atoms with Crippen molar-refractivity contribution in [2.24, 2.45) is 0 Å². The van der Waals surface area contributed by atoms with Crippen LogP contribution in [0.4, 0.5) is 18.9 Å². The zero-order chi connectivity index (χ0) is 17.7. The molecule has 2 rings (SSSR count). The lowest BCUT2D eigenvalue weighted by molar-refractivity contribution is -0.274. The van der Waals surface area contributed by atoms with Crippen molar-refractivity contribution in [2.75, 3.05) is 5.32 Å². The van der Waals surface area contributed by atoms with E-state index in [1.54, 1.807) is 17.5 Å². The van der Waals surface area contributed by atoms with Crippen molar-refractivity contribution in [2.45, 2.75) is 19.3 Å². The Kier molecular flexibility index (Phi) is 5.45. The molecule has 0 radical (unpaired) electrons. The molecule has 0 aliphatic heterocycles. The van der Waals surface area contributed by atoms with Crippen LogP contribution in [-0.2, 0) is 4.79 Å². The van der Waals surface area contributed by atoms with E-state index in [0.29, 0.717) is 4.88 Å². The molecular weight excluding hydrogens is 345 g/mol. The van der Waals surface area contributed by atoms with E-state index in [2.05, 4.69) is 15.4 Å². The molecule has 2 aromatic rings. The Bertz CT molecular complexity index is 717. The van der Waals surface area contributed by atoms with E-state index in [1.165, 1.54) is 30.4 Å². The van der Waals surface area contributed by atoms with Crippen molar-refractivity contribution in [3.05, 3.63) is 46.7 Å². The first-order valence-electron chi connectivity index (χ1n) is 6.75. The maximum atomic E-state index is 12.2. The van der Waals surface area contributed by atoms with Crippen LogP contribution >= 0.6 is 11.3 Å². The highest BCUT2D eigenvalue weighted by Gasteiger charge is 2.31. The van der Waals surface area contributed by atoms with Crippen molar-refractivity contribution in [3.8, 4) is 5.75 Å². The molecule has 1 unspecified atom stereocenters. The molecule has 128 valence electrons. The number of anilines is 1. The topological polar surface area (TPSA) is 67.4 Å². The number of amides is 2. The summed E-state index contributed by atoms with van der Waals surface area (Å²) in [5, 5.41) is 6.65. The summed E-state index contributed by atoms with van der Waals surface area (Å²) in [5.41, 5.74) is 0.124. The quantitative estimate of drug-likeness (QED) is 0.861. The third-order valence-corrected chi connectivity index (χ3v) is 3.69. The molecule has 0 aliphatic rings. The van der Waals surface area contributed by atoms with Crippen LogP contribution in [0.15, 0.2) is 41.8 Å². The molecule has 5 nitrogen and oxygen atoms in total. The molecule has 0 bridgehead atoms. The van der Waals surface area contributed by atoms with Gasteiger partial charge in [0.1, 0.15) is 11.8 Å². The molecule has 1 atom stereocenters. The van der Waals surface area contributed by atoms with Crippen LogP contribution in [0.25, 0.3) is 0 Å². The van der Waals surface area contributed by atoms with Crippen molar-refractivity contribution in [1.29, 1.82) is 0 Å². The summed E-state index contributed by atoms with van der Waals surface area (Å²) in [5.74, 6) is -1.42. The highest BCUT2D eigenvalue weighted by atomic mass is 32.1. The number of ether oxygens (including phenoxy) is 1. The van der Waals surface area contributed by atoms with Gasteiger partial charge >= 0.3 is 6.36 Å².